The van der Waals surface area contributed by atoms with E-state index >= 15 is 0 Å². The average molecular weight is 349 g/mol. The molecule has 7 heteroatoms. The number of halogens is 1. The van der Waals surface area contributed by atoms with Crippen molar-refractivity contribution in [1.82, 2.24) is 15.1 Å². The third kappa shape index (κ3) is 4.55. The van der Waals surface area contributed by atoms with Gasteiger partial charge in [-0.1, -0.05) is 12.1 Å². The molecule has 25 heavy (non-hydrogen) atoms. The molecule has 2 rings (SSSR count). The van der Waals surface area contributed by atoms with Crippen LogP contribution in [0.25, 0.3) is 0 Å². The van der Waals surface area contributed by atoms with Gasteiger partial charge in [0.05, 0.1) is 0 Å². The minimum absolute atomic E-state index is 0.0851. The van der Waals surface area contributed by atoms with Gasteiger partial charge in [0.25, 0.3) is 5.91 Å². The molecule has 0 aromatic heterocycles. The Morgan fingerprint density at radius 1 is 1.32 bits per heavy atom. The van der Waals surface area contributed by atoms with Crippen molar-refractivity contribution in [2.45, 2.75) is 45.7 Å². The number of hydrogen-bond donors (Lipinski definition) is 1. The Bertz CT molecular complexity index is 675. The smallest absolute Gasteiger partial charge is 0.325 e. The minimum Gasteiger partial charge on any atom is -0.339 e. The summed E-state index contributed by atoms with van der Waals surface area (Å²) in [5.41, 5.74) is -0.167. The van der Waals surface area contributed by atoms with Gasteiger partial charge in [-0.05, 0) is 44.9 Å². The molecule has 136 valence electrons. The Hall–Kier alpha value is -2.44. The zero-order chi connectivity index (χ0) is 18.6. The Labute approximate surface area is 147 Å². The van der Waals surface area contributed by atoms with Gasteiger partial charge in [0.2, 0.25) is 5.91 Å². The molecule has 1 aliphatic rings. The number of urea groups is 1. The molecule has 0 saturated carbocycles. The maximum Gasteiger partial charge on any atom is 0.325 e. The number of imide groups is 1. The maximum atomic E-state index is 13.3. The number of rotatable bonds is 7. The van der Waals surface area contributed by atoms with Crippen LogP contribution in [-0.2, 0) is 16.1 Å². The molecule has 0 bridgehead atoms. The summed E-state index contributed by atoms with van der Waals surface area (Å²) < 4.78 is 13.3. The first kappa shape index (κ1) is 18.9. The van der Waals surface area contributed by atoms with Crippen LogP contribution >= 0.6 is 0 Å². The van der Waals surface area contributed by atoms with Gasteiger partial charge in [-0.3, -0.25) is 14.5 Å². The molecule has 1 fully saturated rings. The second-order valence-corrected chi connectivity index (χ2v) is 6.65. The molecule has 0 aliphatic carbocycles. The Morgan fingerprint density at radius 3 is 2.60 bits per heavy atom. The summed E-state index contributed by atoms with van der Waals surface area (Å²) in [4.78, 5) is 39.0. The van der Waals surface area contributed by atoms with Crippen molar-refractivity contribution in [3.05, 3.63) is 35.6 Å². The summed E-state index contributed by atoms with van der Waals surface area (Å²) in [5, 5.41) is 2.61. The highest BCUT2D eigenvalue weighted by Crippen LogP contribution is 2.17. The lowest BCUT2D eigenvalue weighted by molar-refractivity contribution is -0.133. The first-order valence-electron chi connectivity index (χ1n) is 8.41. The van der Waals surface area contributed by atoms with E-state index in [0.717, 1.165) is 10.5 Å². The van der Waals surface area contributed by atoms with Crippen LogP contribution in [0, 0.1) is 5.82 Å². The molecule has 0 unspecified atom stereocenters. The largest absolute Gasteiger partial charge is 0.339 e. The van der Waals surface area contributed by atoms with E-state index in [1.54, 1.807) is 30.9 Å². The predicted octanol–water partition coefficient (Wildman–Crippen LogP) is 2.28. The van der Waals surface area contributed by atoms with Crippen molar-refractivity contribution >= 4 is 17.8 Å². The summed E-state index contributed by atoms with van der Waals surface area (Å²) in [7, 11) is 0. The third-order valence-corrected chi connectivity index (χ3v) is 4.21. The summed E-state index contributed by atoms with van der Waals surface area (Å²) >= 11 is 0. The molecule has 1 N–H and O–H groups in total. The van der Waals surface area contributed by atoms with Crippen molar-refractivity contribution in [2.75, 3.05) is 13.1 Å². The van der Waals surface area contributed by atoms with E-state index in [-0.39, 0.29) is 30.6 Å². The van der Waals surface area contributed by atoms with E-state index < -0.39 is 11.6 Å². The maximum absolute atomic E-state index is 13.3. The molecular weight excluding hydrogens is 325 g/mol. The SMILES string of the molecule is CCN(Cc1cccc(F)c1)C(=O)CCCN1C(=O)NC(C)(C)C1=O. The Kier molecular flexibility index (Phi) is 5.77. The minimum atomic E-state index is -0.895. The normalized spacial score (nSPS) is 16.1. The zero-order valence-corrected chi connectivity index (χ0v) is 14.8. The lowest BCUT2D eigenvalue weighted by atomic mass is 10.1. The average Bonchev–Trinajstić information content (AvgIpc) is 2.74. The van der Waals surface area contributed by atoms with E-state index in [4.69, 9.17) is 0 Å². The van der Waals surface area contributed by atoms with Crippen molar-refractivity contribution in [3.8, 4) is 0 Å². The predicted molar refractivity (Wildman–Crippen MR) is 91.0 cm³/mol. The van der Waals surface area contributed by atoms with Gasteiger partial charge >= 0.3 is 6.03 Å². The highest BCUT2D eigenvalue weighted by atomic mass is 19.1. The molecule has 0 spiro atoms. The second kappa shape index (κ2) is 7.63. The van der Waals surface area contributed by atoms with Crippen LogP contribution in [-0.4, -0.2) is 46.3 Å². The van der Waals surface area contributed by atoms with Gasteiger partial charge in [-0.25, -0.2) is 9.18 Å². The van der Waals surface area contributed by atoms with Crippen LogP contribution in [0.15, 0.2) is 24.3 Å². The van der Waals surface area contributed by atoms with E-state index in [0.29, 0.717) is 19.5 Å². The van der Waals surface area contributed by atoms with Crippen LogP contribution < -0.4 is 5.32 Å². The fourth-order valence-electron chi connectivity index (χ4n) is 2.80. The second-order valence-electron chi connectivity index (χ2n) is 6.65. The van der Waals surface area contributed by atoms with Crippen LogP contribution in [0.1, 0.15) is 39.2 Å². The lowest BCUT2D eigenvalue weighted by Gasteiger charge is -2.22. The summed E-state index contributed by atoms with van der Waals surface area (Å²) in [6, 6.07) is 5.73. The molecule has 0 atom stereocenters. The zero-order valence-electron chi connectivity index (χ0n) is 14.8. The first-order chi connectivity index (χ1) is 11.7. The van der Waals surface area contributed by atoms with Crippen molar-refractivity contribution < 1.29 is 18.8 Å². The molecule has 0 radical (unpaired) electrons. The molecule has 6 nitrogen and oxygen atoms in total. The Morgan fingerprint density at radius 2 is 2.04 bits per heavy atom. The number of amides is 4. The van der Waals surface area contributed by atoms with Crippen LogP contribution in [0.5, 0.6) is 0 Å². The standard InChI is InChI=1S/C18H24FN3O3/c1-4-21(12-13-7-5-8-14(19)11-13)15(23)9-6-10-22-16(24)18(2,3)20-17(22)25/h5,7-8,11H,4,6,9-10,12H2,1-3H3,(H,20,25). The molecule has 1 aliphatic heterocycles. The lowest BCUT2D eigenvalue weighted by Crippen LogP contribution is -2.40. The monoisotopic (exact) mass is 349 g/mol. The number of carbonyl (C=O) groups is 3. The van der Waals surface area contributed by atoms with Crippen molar-refractivity contribution in [2.24, 2.45) is 0 Å². The van der Waals surface area contributed by atoms with Gasteiger partial charge < -0.3 is 10.2 Å². The van der Waals surface area contributed by atoms with Gasteiger partial charge in [-0.2, -0.15) is 0 Å². The van der Waals surface area contributed by atoms with Gasteiger partial charge in [0.1, 0.15) is 11.4 Å². The number of carbonyl (C=O) groups excluding carboxylic acids is 3. The quantitative estimate of drug-likeness (QED) is 0.768. The van der Waals surface area contributed by atoms with Crippen LogP contribution in [0.3, 0.4) is 0 Å². The van der Waals surface area contributed by atoms with Gasteiger partial charge in [0.15, 0.2) is 0 Å². The summed E-state index contributed by atoms with van der Waals surface area (Å²) in [6.07, 6.45) is 0.619. The third-order valence-electron chi connectivity index (χ3n) is 4.21. The molecule has 4 amide bonds. The van der Waals surface area contributed by atoms with Crippen LogP contribution in [0.2, 0.25) is 0 Å². The molecular formula is C18H24FN3O3. The highest BCUT2D eigenvalue weighted by molar-refractivity contribution is 6.06. The van der Waals surface area contributed by atoms with Gasteiger partial charge in [-0.15, -0.1) is 0 Å². The van der Waals surface area contributed by atoms with Crippen molar-refractivity contribution in [1.29, 1.82) is 0 Å². The number of hydrogen-bond acceptors (Lipinski definition) is 3. The summed E-state index contributed by atoms with van der Waals surface area (Å²) in [5.74, 6) is -0.697. The van der Waals surface area contributed by atoms with Crippen LogP contribution in [0.4, 0.5) is 9.18 Å². The number of benzene rings is 1. The summed E-state index contributed by atoms with van der Waals surface area (Å²) in [6.45, 7) is 6.20. The molecule has 1 heterocycles. The fraction of sp³-hybridized carbons (Fsp3) is 0.500. The van der Waals surface area contributed by atoms with E-state index in [2.05, 4.69) is 5.32 Å². The molecule has 1 aromatic rings. The Balaban J connectivity index is 1.86. The van der Waals surface area contributed by atoms with E-state index in [1.165, 1.54) is 12.1 Å². The van der Waals surface area contributed by atoms with E-state index in [1.807, 2.05) is 6.92 Å². The first-order valence-corrected chi connectivity index (χ1v) is 8.41. The highest BCUT2D eigenvalue weighted by Gasteiger charge is 2.43. The number of nitrogens with zero attached hydrogens (tertiary/aromatic N) is 2. The van der Waals surface area contributed by atoms with Crippen molar-refractivity contribution in [3.63, 3.8) is 0 Å². The molecule has 1 saturated heterocycles. The van der Waals surface area contributed by atoms with E-state index in [9.17, 15) is 18.8 Å². The number of nitrogens with one attached hydrogen (secondary N) is 1. The fourth-order valence-corrected chi connectivity index (χ4v) is 2.80. The topological polar surface area (TPSA) is 69.7 Å². The molecule has 1 aromatic carbocycles. The van der Waals surface area contributed by atoms with Gasteiger partial charge in [0, 0.05) is 26.1 Å².